The van der Waals surface area contributed by atoms with Gasteiger partial charge in [-0.15, -0.1) is 23.5 Å². The standard InChI is InChI=1S/C4H6N2S3/c1-7-3-4(8-2)6-9-5-3/h1-2H3. The summed E-state index contributed by atoms with van der Waals surface area (Å²) in [5, 5.41) is 2.10. The van der Waals surface area contributed by atoms with Gasteiger partial charge in [-0.05, 0) is 12.5 Å². The van der Waals surface area contributed by atoms with Crippen molar-refractivity contribution in [3.63, 3.8) is 0 Å². The molecule has 0 radical (unpaired) electrons. The van der Waals surface area contributed by atoms with Crippen LogP contribution in [0, 0.1) is 0 Å². The van der Waals surface area contributed by atoms with Crippen molar-refractivity contribution in [2.45, 2.75) is 10.1 Å². The first-order valence-corrected chi connectivity index (χ1v) is 5.47. The Labute approximate surface area is 66.8 Å². The monoisotopic (exact) mass is 178 g/mol. The van der Waals surface area contributed by atoms with Crippen LogP contribution in [-0.2, 0) is 0 Å². The maximum Gasteiger partial charge on any atom is 0.144 e. The second-order valence-corrected chi connectivity index (χ2v) is 3.40. The van der Waals surface area contributed by atoms with Crippen molar-refractivity contribution in [1.29, 1.82) is 0 Å². The molecule has 9 heavy (non-hydrogen) atoms. The molecule has 0 saturated heterocycles. The molecule has 50 valence electrons. The third-order valence-corrected chi connectivity index (χ3v) is 3.05. The third kappa shape index (κ3) is 1.59. The Morgan fingerprint density at radius 2 is 1.56 bits per heavy atom. The van der Waals surface area contributed by atoms with Gasteiger partial charge in [-0.3, -0.25) is 0 Å². The van der Waals surface area contributed by atoms with Gasteiger partial charge in [0.25, 0.3) is 0 Å². The van der Waals surface area contributed by atoms with E-state index < -0.39 is 0 Å². The molecule has 1 aromatic rings. The van der Waals surface area contributed by atoms with E-state index in [9.17, 15) is 0 Å². The smallest absolute Gasteiger partial charge is 0.144 e. The van der Waals surface area contributed by atoms with E-state index >= 15 is 0 Å². The van der Waals surface area contributed by atoms with Crippen LogP contribution in [0.4, 0.5) is 0 Å². The lowest BCUT2D eigenvalue weighted by Gasteiger charge is -1.87. The van der Waals surface area contributed by atoms with Crippen LogP contribution >= 0.6 is 35.3 Å². The molecule has 0 aliphatic rings. The van der Waals surface area contributed by atoms with E-state index in [2.05, 4.69) is 8.75 Å². The molecule has 1 heterocycles. The third-order valence-electron chi connectivity index (χ3n) is 0.817. The molecule has 2 nitrogen and oxygen atoms in total. The van der Waals surface area contributed by atoms with Crippen LogP contribution in [0.5, 0.6) is 0 Å². The zero-order valence-electron chi connectivity index (χ0n) is 5.12. The van der Waals surface area contributed by atoms with E-state index in [1.807, 2.05) is 12.5 Å². The number of hydrogen-bond acceptors (Lipinski definition) is 5. The molecule has 0 atom stereocenters. The molecule has 0 aliphatic carbocycles. The average Bonchev–Trinajstić information content (AvgIpc) is 2.33. The van der Waals surface area contributed by atoms with Gasteiger partial charge in [-0.1, -0.05) is 0 Å². The van der Waals surface area contributed by atoms with Crippen molar-refractivity contribution in [2.24, 2.45) is 0 Å². The van der Waals surface area contributed by atoms with Crippen molar-refractivity contribution < 1.29 is 0 Å². The summed E-state index contributed by atoms with van der Waals surface area (Å²) in [4.78, 5) is 0. The van der Waals surface area contributed by atoms with Gasteiger partial charge in [0.2, 0.25) is 0 Å². The molecule has 0 spiro atoms. The van der Waals surface area contributed by atoms with Crippen molar-refractivity contribution >= 4 is 35.3 Å². The molecule has 5 heteroatoms. The van der Waals surface area contributed by atoms with E-state index in [0.29, 0.717) is 0 Å². The Bertz CT molecular complexity index is 167. The van der Waals surface area contributed by atoms with Gasteiger partial charge >= 0.3 is 0 Å². The molecule has 0 saturated carbocycles. The Hall–Kier alpha value is 0.260. The van der Waals surface area contributed by atoms with Gasteiger partial charge in [0, 0.05) is 0 Å². The van der Waals surface area contributed by atoms with E-state index in [4.69, 9.17) is 0 Å². The van der Waals surface area contributed by atoms with Crippen molar-refractivity contribution in [2.75, 3.05) is 12.5 Å². The minimum absolute atomic E-state index is 1.05. The predicted molar refractivity (Wildman–Crippen MR) is 43.5 cm³/mol. The normalized spacial score (nSPS) is 10.0. The second kappa shape index (κ2) is 3.43. The van der Waals surface area contributed by atoms with Crippen LogP contribution in [0.2, 0.25) is 0 Å². The summed E-state index contributed by atoms with van der Waals surface area (Å²) >= 11 is 4.56. The highest BCUT2D eigenvalue weighted by Crippen LogP contribution is 2.24. The Morgan fingerprint density at radius 1 is 1.11 bits per heavy atom. The summed E-state index contributed by atoms with van der Waals surface area (Å²) in [6.07, 6.45) is 4.02. The van der Waals surface area contributed by atoms with E-state index in [0.717, 1.165) is 10.1 Å². The second-order valence-electron chi connectivity index (χ2n) is 1.28. The van der Waals surface area contributed by atoms with Gasteiger partial charge < -0.3 is 0 Å². The maximum absolute atomic E-state index is 4.08. The van der Waals surface area contributed by atoms with Gasteiger partial charge in [0.05, 0.1) is 11.7 Å². The van der Waals surface area contributed by atoms with Gasteiger partial charge in [-0.25, -0.2) is 0 Å². The molecule has 1 rings (SSSR count). The van der Waals surface area contributed by atoms with Crippen molar-refractivity contribution in [3.05, 3.63) is 0 Å². The van der Waals surface area contributed by atoms with Gasteiger partial charge in [0.15, 0.2) is 0 Å². The highest BCUT2D eigenvalue weighted by Gasteiger charge is 2.02. The summed E-state index contributed by atoms with van der Waals surface area (Å²) in [6.45, 7) is 0. The van der Waals surface area contributed by atoms with Crippen LogP contribution < -0.4 is 0 Å². The summed E-state index contributed by atoms with van der Waals surface area (Å²) < 4.78 is 8.16. The number of thioether (sulfide) groups is 2. The lowest BCUT2D eigenvalue weighted by Crippen LogP contribution is -1.70. The van der Waals surface area contributed by atoms with Crippen LogP contribution in [0.25, 0.3) is 0 Å². The van der Waals surface area contributed by atoms with Crippen LogP contribution in [0.3, 0.4) is 0 Å². The SMILES string of the molecule is CSc1nsnc1SC. The topological polar surface area (TPSA) is 25.8 Å². The molecule has 0 amide bonds. The molecule has 0 aliphatic heterocycles. The largest absolute Gasteiger partial charge is 0.165 e. The zero-order valence-corrected chi connectivity index (χ0v) is 7.57. The lowest BCUT2D eigenvalue weighted by molar-refractivity contribution is 1.09. The van der Waals surface area contributed by atoms with Crippen molar-refractivity contribution in [1.82, 2.24) is 8.75 Å². The Morgan fingerprint density at radius 3 is 1.89 bits per heavy atom. The Balaban J connectivity index is 2.85. The molecule has 1 aromatic heterocycles. The Kier molecular flexibility index (Phi) is 2.81. The molecule has 0 unspecified atom stereocenters. The van der Waals surface area contributed by atoms with Crippen LogP contribution in [0.1, 0.15) is 0 Å². The van der Waals surface area contributed by atoms with Gasteiger partial charge in [0.1, 0.15) is 10.1 Å². The summed E-state index contributed by atoms with van der Waals surface area (Å²) in [6, 6.07) is 0. The predicted octanol–water partition coefficient (Wildman–Crippen LogP) is 1.98. The number of nitrogens with zero attached hydrogens (tertiary/aromatic N) is 2. The first-order chi connectivity index (χ1) is 4.38. The molecular formula is C4H6N2S3. The first-order valence-electron chi connectivity index (χ1n) is 2.29. The highest BCUT2D eigenvalue weighted by atomic mass is 32.2. The molecule has 0 aromatic carbocycles. The summed E-state index contributed by atoms with van der Waals surface area (Å²) in [7, 11) is 0. The van der Waals surface area contributed by atoms with Crippen LogP contribution in [-0.4, -0.2) is 21.3 Å². The zero-order chi connectivity index (χ0) is 6.69. The summed E-state index contributed by atoms with van der Waals surface area (Å²) in [5.74, 6) is 0. The fraction of sp³-hybridized carbons (Fsp3) is 0.500. The fourth-order valence-electron chi connectivity index (χ4n) is 0.422. The number of rotatable bonds is 2. The first kappa shape index (κ1) is 7.37. The average molecular weight is 178 g/mol. The quantitative estimate of drug-likeness (QED) is 0.647. The lowest BCUT2D eigenvalue weighted by atomic mass is 10.9. The maximum atomic E-state index is 4.08. The summed E-state index contributed by atoms with van der Waals surface area (Å²) in [5.41, 5.74) is 0. The molecular weight excluding hydrogens is 172 g/mol. The number of aromatic nitrogens is 2. The molecule has 0 bridgehead atoms. The molecule has 0 N–H and O–H groups in total. The molecule has 0 fully saturated rings. The van der Waals surface area contributed by atoms with Gasteiger partial charge in [-0.2, -0.15) is 8.75 Å². The van der Waals surface area contributed by atoms with Crippen molar-refractivity contribution in [3.8, 4) is 0 Å². The van der Waals surface area contributed by atoms with E-state index in [1.165, 1.54) is 11.7 Å². The van der Waals surface area contributed by atoms with E-state index in [-0.39, 0.29) is 0 Å². The highest BCUT2D eigenvalue weighted by molar-refractivity contribution is 8.01. The van der Waals surface area contributed by atoms with Crippen LogP contribution in [0.15, 0.2) is 10.1 Å². The number of hydrogen-bond donors (Lipinski definition) is 0. The fourth-order valence-corrected chi connectivity index (χ4v) is 2.64. The minimum atomic E-state index is 1.05. The van der Waals surface area contributed by atoms with E-state index in [1.54, 1.807) is 23.5 Å². The minimum Gasteiger partial charge on any atom is -0.165 e.